The molecule has 0 amide bonds. The number of benzene rings is 2. The van der Waals surface area contributed by atoms with Crippen molar-refractivity contribution >= 4 is 17.4 Å². The zero-order valence-corrected chi connectivity index (χ0v) is 13.3. The van der Waals surface area contributed by atoms with Gasteiger partial charge in [0.15, 0.2) is 0 Å². The van der Waals surface area contributed by atoms with Crippen LogP contribution in [-0.4, -0.2) is 23.9 Å². The molecule has 0 saturated carbocycles. The van der Waals surface area contributed by atoms with Gasteiger partial charge < -0.3 is 15.6 Å². The number of rotatable bonds is 6. The van der Waals surface area contributed by atoms with Crippen LogP contribution in [0.4, 0.5) is 0 Å². The third kappa shape index (κ3) is 4.10. The second kappa shape index (κ2) is 7.78. The van der Waals surface area contributed by atoms with Crippen LogP contribution in [0.1, 0.15) is 21.5 Å². The minimum absolute atomic E-state index is 0.210. The van der Waals surface area contributed by atoms with Gasteiger partial charge >= 0.3 is 5.97 Å². The SMILES string of the molecule is C=C(/N=C(\C=C/N)c1ccc(C(=O)O)cc1)c1cccc(OC)c1. The third-order valence-electron chi connectivity index (χ3n) is 3.34. The maximum absolute atomic E-state index is 10.9. The molecule has 0 unspecified atom stereocenters. The Bertz CT molecular complexity index is 806. The van der Waals surface area contributed by atoms with Gasteiger partial charge in [0.1, 0.15) is 5.75 Å². The predicted molar refractivity (Wildman–Crippen MR) is 95.3 cm³/mol. The molecule has 0 heterocycles. The molecule has 3 N–H and O–H groups in total. The quantitative estimate of drug-likeness (QED) is 0.799. The zero-order valence-electron chi connectivity index (χ0n) is 13.3. The Hall–Kier alpha value is -3.34. The van der Waals surface area contributed by atoms with Gasteiger partial charge in [-0.2, -0.15) is 0 Å². The lowest BCUT2D eigenvalue weighted by molar-refractivity contribution is 0.0697. The Balaban J connectivity index is 2.36. The van der Waals surface area contributed by atoms with Crippen LogP contribution in [0, 0.1) is 0 Å². The fraction of sp³-hybridized carbons (Fsp3) is 0.0526. The summed E-state index contributed by atoms with van der Waals surface area (Å²) in [6.45, 7) is 3.98. The number of carboxylic acid groups (broad SMARTS) is 1. The van der Waals surface area contributed by atoms with E-state index in [1.165, 1.54) is 18.3 Å². The molecule has 0 spiro atoms. The van der Waals surface area contributed by atoms with Gasteiger partial charge in [-0.25, -0.2) is 9.79 Å². The molecule has 0 aliphatic heterocycles. The smallest absolute Gasteiger partial charge is 0.335 e. The number of hydrogen-bond acceptors (Lipinski definition) is 4. The van der Waals surface area contributed by atoms with E-state index in [0.29, 0.717) is 17.2 Å². The Labute approximate surface area is 140 Å². The highest BCUT2D eigenvalue weighted by Crippen LogP contribution is 2.21. The van der Waals surface area contributed by atoms with E-state index < -0.39 is 5.97 Å². The lowest BCUT2D eigenvalue weighted by Gasteiger charge is -2.07. The zero-order chi connectivity index (χ0) is 17.5. The van der Waals surface area contributed by atoms with E-state index in [9.17, 15) is 4.79 Å². The standard InChI is InChI=1S/C19H18N2O3/c1-13(16-4-3-5-17(12-16)24-2)21-18(10-11-20)14-6-8-15(9-7-14)19(22)23/h3-12H,1,20H2,2H3,(H,22,23)/b11-10-,21-18+. The lowest BCUT2D eigenvalue weighted by Crippen LogP contribution is -2.01. The van der Waals surface area contributed by atoms with Crippen molar-refractivity contribution in [3.63, 3.8) is 0 Å². The van der Waals surface area contributed by atoms with Crippen LogP contribution in [0.3, 0.4) is 0 Å². The number of methoxy groups -OCH3 is 1. The molecule has 0 aliphatic carbocycles. The van der Waals surface area contributed by atoms with Crippen LogP contribution in [0.5, 0.6) is 5.75 Å². The van der Waals surface area contributed by atoms with Gasteiger partial charge in [-0.1, -0.05) is 30.8 Å². The molecule has 5 heteroatoms. The van der Waals surface area contributed by atoms with Crippen molar-refractivity contribution in [3.05, 3.63) is 84.1 Å². The summed E-state index contributed by atoms with van der Waals surface area (Å²) in [7, 11) is 1.59. The summed E-state index contributed by atoms with van der Waals surface area (Å²) in [6.07, 6.45) is 3.02. The van der Waals surface area contributed by atoms with E-state index >= 15 is 0 Å². The molecule has 2 rings (SSSR count). The van der Waals surface area contributed by atoms with Crippen molar-refractivity contribution in [2.45, 2.75) is 0 Å². The summed E-state index contributed by atoms with van der Waals surface area (Å²) in [4.78, 5) is 15.4. The second-order valence-electron chi connectivity index (χ2n) is 4.92. The van der Waals surface area contributed by atoms with Gasteiger partial charge in [-0.05, 0) is 36.5 Å². The first kappa shape index (κ1) is 17.0. The molecule has 5 nitrogen and oxygen atoms in total. The maximum Gasteiger partial charge on any atom is 0.335 e. The number of carboxylic acids is 1. The van der Waals surface area contributed by atoms with E-state index in [1.54, 1.807) is 25.3 Å². The average Bonchev–Trinajstić information content (AvgIpc) is 2.61. The molecule has 0 aromatic heterocycles. The molecule has 24 heavy (non-hydrogen) atoms. The highest BCUT2D eigenvalue weighted by atomic mass is 16.5. The highest BCUT2D eigenvalue weighted by Gasteiger charge is 2.06. The molecule has 0 aliphatic rings. The fourth-order valence-electron chi connectivity index (χ4n) is 2.09. The summed E-state index contributed by atoms with van der Waals surface area (Å²) in [6, 6.07) is 13.8. The normalized spacial score (nSPS) is 11.5. The van der Waals surface area contributed by atoms with Crippen molar-refractivity contribution in [3.8, 4) is 5.75 Å². The number of nitrogens with zero attached hydrogens (tertiary/aromatic N) is 1. The summed E-state index contributed by atoms with van der Waals surface area (Å²) in [5.74, 6) is -0.263. The minimum atomic E-state index is -0.977. The highest BCUT2D eigenvalue weighted by molar-refractivity contribution is 6.11. The molecule has 0 saturated heterocycles. The molecule has 0 bridgehead atoms. The molecule has 2 aromatic carbocycles. The largest absolute Gasteiger partial charge is 0.497 e. The van der Waals surface area contributed by atoms with E-state index in [-0.39, 0.29) is 5.56 Å². The first-order chi connectivity index (χ1) is 11.5. The van der Waals surface area contributed by atoms with E-state index in [1.807, 2.05) is 24.3 Å². The number of aliphatic imine (C=N–C) groups is 1. The van der Waals surface area contributed by atoms with Crippen LogP contribution in [-0.2, 0) is 0 Å². The van der Waals surface area contributed by atoms with Crippen molar-refractivity contribution in [1.82, 2.24) is 0 Å². The fourth-order valence-corrected chi connectivity index (χ4v) is 2.09. The minimum Gasteiger partial charge on any atom is -0.497 e. The van der Waals surface area contributed by atoms with Crippen LogP contribution in [0.25, 0.3) is 5.70 Å². The van der Waals surface area contributed by atoms with Crippen LogP contribution >= 0.6 is 0 Å². The third-order valence-corrected chi connectivity index (χ3v) is 3.34. The summed E-state index contributed by atoms with van der Waals surface area (Å²) < 4.78 is 5.20. The lowest BCUT2D eigenvalue weighted by atomic mass is 10.1. The molecule has 122 valence electrons. The second-order valence-corrected chi connectivity index (χ2v) is 4.92. The molecule has 0 fully saturated rings. The summed E-state index contributed by atoms with van der Waals surface area (Å²) >= 11 is 0. The van der Waals surface area contributed by atoms with Gasteiger partial charge in [0.25, 0.3) is 0 Å². The van der Waals surface area contributed by atoms with Crippen LogP contribution < -0.4 is 10.5 Å². The first-order valence-electron chi connectivity index (χ1n) is 7.19. The first-order valence-corrected chi connectivity index (χ1v) is 7.19. The van der Waals surface area contributed by atoms with Crippen LogP contribution in [0.15, 0.2) is 72.4 Å². The molecule has 0 atom stereocenters. The average molecular weight is 322 g/mol. The predicted octanol–water partition coefficient (Wildman–Crippen LogP) is 3.33. The Kier molecular flexibility index (Phi) is 5.52. The molecule has 2 aromatic rings. The van der Waals surface area contributed by atoms with Crippen LogP contribution in [0.2, 0.25) is 0 Å². The molecule has 0 radical (unpaired) electrons. The Morgan fingerprint density at radius 3 is 2.42 bits per heavy atom. The number of aromatic carboxylic acids is 1. The van der Waals surface area contributed by atoms with Crippen molar-refractivity contribution in [1.29, 1.82) is 0 Å². The van der Waals surface area contributed by atoms with Gasteiger partial charge in [-0.3, -0.25) is 0 Å². The van der Waals surface area contributed by atoms with Gasteiger partial charge in [-0.15, -0.1) is 0 Å². The topological polar surface area (TPSA) is 84.9 Å². The number of ether oxygens (including phenoxy) is 1. The monoisotopic (exact) mass is 322 g/mol. The van der Waals surface area contributed by atoms with Crippen molar-refractivity contribution < 1.29 is 14.6 Å². The van der Waals surface area contributed by atoms with E-state index in [0.717, 1.165) is 11.1 Å². The Morgan fingerprint density at radius 1 is 1.17 bits per heavy atom. The van der Waals surface area contributed by atoms with Gasteiger partial charge in [0.2, 0.25) is 0 Å². The summed E-state index contributed by atoms with van der Waals surface area (Å²) in [5.41, 5.74) is 8.40. The molecular weight excluding hydrogens is 304 g/mol. The Morgan fingerprint density at radius 2 is 1.83 bits per heavy atom. The maximum atomic E-state index is 10.9. The van der Waals surface area contributed by atoms with E-state index in [4.69, 9.17) is 15.6 Å². The number of allylic oxidation sites excluding steroid dienone is 1. The van der Waals surface area contributed by atoms with Gasteiger partial charge in [0, 0.05) is 11.1 Å². The number of carbonyl (C=O) groups is 1. The van der Waals surface area contributed by atoms with E-state index in [2.05, 4.69) is 11.6 Å². The van der Waals surface area contributed by atoms with Crippen molar-refractivity contribution in [2.24, 2.45) is 10.7 Å². The summed E-state index contributed by atoms with van der Waals surface area (Å²) in [5, 5.41) is 8.97. The van der Waals surface area contributed by atoms with Gasteiger partial charge in [0.05, 0.1) is 24.1 Å². The number of hydrogen-bond donors (Lipinski definition) is 2. The number of nitrogens with two attached hydrogens (primary N) is 1. The molecular formula is C19H18N2O3. The van der Waals surface area contributed by atoms with Crippen molar-refractivity contribution in [2.75, 3.05) is 7.11 Å².